The summed E-state index contributed by atoms with van der Waals surface area (Å²) in [4.78, 5) is 15.2. The molecular weight excluding hydrogens is 607 g/mol. The van der Waals surface area contributed by atoms with Gasteiger partial charge in [-0.1, -0.05) is 6.07 Å². The second-order valence-corrected chi connectivity index (χ2v) is 12.9. The highest BCUT2D eigenvalue weighted by Crippen LogP contribution is 2.40. The Morgan fingerprint density at radius 2 is 1.95 bits per heavy atom. The van der Waals surface area contributed by atoms with E-state index in [1.54, 1.807) is 9.58 Å². The maximum atomic E-state index is 13.9. The molecule has 4 heterocycles. The molecule has 44 heavy (non-hydrogen) atoms. The van der Waals surface area contributed by atoms with Crippen LogP contribution in [0.5, 0.6) is 0 Å². The second kappa shape index (κ2) is 14.0. The van der Waals surface area contributed by atoms with E-state index >= 15 is 0 Å². The third kappa shape index (κ3) is 8.29. The first-order valence-electron chi connectivity index (χ1n) is 15.0. The van der Waals surface area contributed by atoms with Crippen molar-refractivity contribution < 1.29 is 37.0 Å². The van der Waals surface area contributed by atoms with Crippen molar-refractivity contribution in [3.63, 3.8) is 0 Å². The number of alkyl halides is 5. The summed E-state index contributed by atoms with van der Waals surface area (Å²) in [5, 5.41) is 30.8. The van der Waals surface area contributed by atoms with Gasteiger partial charge in [0.15, 0.2) is 0 Å². The summed E-state index contributed by atoms with van der Waals surface area (Å²) < 4.78 is 70.6. The zero-order chi connectivity index (χ0) is 31.5. The Labute approximate surface area is 257 Å². The molecule has 3 aliphatic rings. The summed E-state index contributed by atoms with van der Waals surface area (Å²) in [7, 11) is 0. The smallest absolute Gasteiger partial charge is 0.390 e. The maximum Gasteiger partial charge on any atom is 0.417 e. The molecule has 9 nitrogen and oxygen atoms in total. The first kappa shape index (κ1) is 33.1. The minimum Gasteiger partial charge on any atom is -0.390 e. The molecule has 15 heteroatoms. The summed E-state index contributed by atoms with van der Waals surface area (Å²) in [6.45, 7) is 2.80. The fraction of sp³-hybridized carbons (Fsp3) is 0.655. The molecule has 1 unspecified atom stereocenters. The maximum absolute atomic E-state index is 13.9. The lowest BCUT2D eigenvalue weighted by Crippen LogP contribution is -2.47. The van der Waals surface area contributed by atoms with Crippen LogP contribution in [0.4, 0.5) is 22.0 Å². The highest BCUT2D eigenvalue weighted by Gasteiger charge is 2.38. The zero-order valence-electron chi connectivity index (χ0n) is 24.4. The number of hydrogen-bond donors (Lipinski definition) is 4. The van der Waals surface area contributed by atoms with Crippen LogP contribution in [0.25, 0.3) is 11.3 Å². The molecule has 2 saturated heterocycles. The Hall–Kier alpha value is -2.30. The van der Waals surface area contributed by atoms with Gasteiger partial charge in [0.2, 0.25) is 5.91 Å². The van der Waals surface area contributed by atoms with Crippen LogP contribution >= 0.6 is 11.8 Å². The molecule has 244 valence electrons. The molecule has 0 spiro atoms. The Balaban J connectivity index is 1.28. The van der Waals surface area contributed by atoms with Crippen LogP contribution in [-0.2, 0) is 30.5 Å². The number of piperidine rings is 1. The number of aliphatic hydroxyl groups excluding tert-OH is 2. The number of rotatable bonds is 11. The van der Waals surface area contributed by atoms with Crippen LogP contribution in [-0.4, -0.2) is 112 Å². The van der Waals surface area contributed by atoms with E-state index in [0.717, 1.165) is 29.1 Å². The molecule has 4 N–H and O–H groups in total. The molecule has 1 atom stereocenters. The zero-order valence-corrected chi connectivity index (χ0v) is 25.2. The number of amides is 1. The third-order valence-corrected chi connectivity index (χ3v) is 9.47. The minimum atomic E-state index is -4.56. The van der Waals surface area contributed by atoms with Crippen molar-refractivity contribution in [2.45, 2.75) is 67.9 Å². The second-order valence-electron chi connectivity index (χ2n) is 11.8. The van der Waals surface area contributed by atoms with E-state index in [2.05, 4.69) is 15.5 Å². The lowest BCUT2D eigenvalue weighted by atomic mass is 10.0. The summed E-state index contributed by atoms with van der Waals surface area (Å²) in [6.07, 6.45) is -3.45. The average Bonchev–Trinajstić information content (AvgIpc) is 3.52. The summed E-state index contributed by atoms with van der Waals surface area (Å²) in [5.41, 5.74) is 2.16. The van der Waals surface area contributed by atoms with Crippen molar-refractivity contribution in [1.29, 1.82) is 0 Å². The van der Waals surface area contributed by atoms with Gasteiger partial charge in [-0.25, -0.2) is 8.78 Å². The van der Waals surface area contributed by atoms with E-state index in [-0.39, 0.29) is 49.3 Å². The number of aromatic nitrogens is 2. The number of carbonyl (C=O) groups excluding carboxylic acids is 1. The fourth-order valence-electron chi connectivity index (χ4n) is 6.20. The molecule has 0 saturated carbocycles. The quantitative estimate of drug-likeness (QED) is 0.218. The van der Waals surface area contributed by atoms with Crippen molar-refractivity contribution in [2.75, 3.05) is 58.2 Å². The van der Waals surface area contributed by atoms with E-state index in [1.807, 2.05) is 0 Å². The van der Waals surface area contributed by atoms with E-state index in [4.69, 9.17) is 10.2 Å². The van der Waals surface area contributed by atoms with Gasteiger partial charge in [-0.15, -0.1) is 11.8 Å². The molecule has 3 aliphatic heterocycles. The van der Waals surface area contributed by atoms with Gasteiger partial charge in [-0.2, -0.15) is 18.3 Å². The molecular formula is C29H39F5N6O3S. The molecule has 1 aromatic heterocycles. The number of hydrogen-bond acceptors (Lipinski definition) is 8. The Kier molecular flexibility index (Phi) is 10.5. The van der Waals surface area contributed by atoms with Crippen molar-refractivity contribution in [1.82, 2.24) is 30.2 Å². The van der Waals surface area contributed by atoms with Gasteiger partial charge in [-0.05, 0) is 25.0 Å². The molecule has 0 bridgehead atoms. The predicted octanol–water partition coefficient (Wildman–Crippen LogP) is 2.58. The van der Waals surface area contributed by atoms with Crippen LogP contribution in [0, 0.1) is 0 Å². The number of β-amino-alcohol motifs (C(OH)–C–C–N with tert-alkyl or cyclic N) is 1. The van der Waals surface area contributed by atoms with E-state index < -0.39 is 36.3 Å². The van der Waals surface area contributed by atoms with Gasteiger partial charge in [0.1, 0.15) is 6.61 Å². The van der Waals surface area contributed by atoms with Crippen molar-refractivity contribution in [3.05, 3.63) is 35.0 Å². The van der Waals surface area contributed by atoms with Crippen LogP contribution < -0.4 is 10.6 Å². The average molecular weight is 647 g/mol. The number of benzene rings is 1. The fourth-order valence-corrected chi connectivity index (χ4v) is 7.32. The van der Waals surface area contributed by atoms with E-state index in [1.165, 1.54) is 12.1 Å². The van der Waals surface area contributed by atoms with Crippen LogP contribution in [0.1, 0.15) is 36.1 Å². The van der Waals surface area contributed by atoms with Gasteiger partial charge >= 0.3 is 6.18 Å². The first-order chi connectivity index (χ1) is 20.9. The van der Waals surface area contributed by atoms with Crippen molar-refractivity contribution in [3.8, 4) is 11.3 Å². The minimum absolute atomic E-state index is 0.00649. The van der Waals surface area contributed by atoms with Gasteiger partial charge < -0.3 is 25.7 Å². The van der Waals surface area contributed by atoms with E-state index in [9.17, 15) is 31.9 Å². The molecule has 1 amide bonds. The number of aliphatic hydroxyl groups is 2. The molecule has 2 aromatic rings. The molecule has 5 rings (SSSR count). The SMILES string of the molecule is O=C(CO)NC1CCN(CC(O)Cn2nc(-c3ccc(C(F)(F)F)c(SCCN4CCC(F)(F)C4)c3)c3c2CCNC3)CC1. The summed E-state index contributed by atoms with van der Waals surface area (Å²) in [6, 6.07) is 3.97. The first-order valence-corrected chi connectivity index (χ1v) is 15.9. The van der Waals surface area contributed by atoms with Gasteiger partial charge in [0.05, 0.1) is 30.5 Å². The number of carbonyl (C=O) groups is 1. The van der Waals surface area contributed by atoms with E-state index in [0.29, 0.717) is 63.2 Å². The van der Waals surface area contributed by atoms with Crippen LogP contribution in [0.3, 0.4) is 0 Å². The highest BCUT2D eigenvalue weighted by molar-refractivity contribution is 7.99. The molecule has 2 fully saturated rings. The molecule has 1 aromatic carbocycles. The normalized spacial score (nSPS) is 20.5. The third-order valence-electron chi connectivity index (χ3n) is 8.43. The number of nitrogens with one attached hydrogen (secondary N) is 2. The predicted molar refractivity (Wildman–Crippen MR) is 156 cm³/mol. The molecule has 0 radical (unpaired) electrons. The number of thioether (sulfide) groups is 1. The largest absolute Gasteiger partial charge is 0.417 e. The lowest BCUT2D eigenvalue weighted by molar-refractivity contribution is -0.139. The number of likely N-dealkylation sites (tertiary alicyclic amines) is 2. The van der Waals surface area contributed by atoms with Gasteiger partial charge in [-0.3, -0.25) is 14.4 Å². The molecule has 0 aliphatic carbocycles. The van der Waals surface area contributed by atoms with Gasteiger partial charge in [0.25, 0.3) is 5.92 Å². The van der Waals surface area contributed by atoms with Crippen LogP contribution in [0.15, 0.2) is 23.1 Å². The lowest BCUT2D eigenvalue weighted by Gasteiger charge is -2.33. The topological polar surface area (TPSA) is 106 Å². The Morgan fingerprint density at radius 3 is 2.64 bits per heavy atom. The Morgan fingerprint density at radius 1 is 1.18 bits per heavy atom. The summed E-state index contributed by atoms with van der Waals surface area (Å²) in [5.74, 6) is -2.91. The van der Waals surface area contributed by atoms with Crippen molar-refractivity contribution in [2.24, 2.45) is 0 Å². The van der Waals surface area contributed by atoms with Crippen molar-refractivity contribution >= 4 is 17.7 Å². The highest BCUT2D eigenvalue weighted by atomic mass is 32.2. The Bertz CT molecular complexity index is 1300. The standard InChI is InChI=1S/C29H39F5N6O3S/c30-28(31)6-10-39(18-28)11-12-44-25-13-19(1-2-23(25)29(32,33)34)27-22-14-35-7-3-24(22)40(37-27)16-21(42)15-38-8-4-20(5-9-38)36-26(43)17-41/h1-2,13,20-21,35,41-42H,3-12,14-18H2,(H,36,43). The summed E-state index contributed by atoms with van der Waals surface area (Å²) >= 11 is 1.01. The number of nitrogens with zero attached hydrogens (tertiary/aromatic N) is 4. The van der Waals surface area contributed by atoms with Crippen LogP contribution in [0.2, 0.25) is 0 Å². The number of halogens is 5. The van der Waals surface area contributed by atoms with Gasteiger partial charge in [0, 0.05) is 92.2 Å². The monoisotopic (exact) mass is 646 g/mol. The number of fused-ring (bicyclic) bond motifs is 1.